The van der Waals surface area contributed by atoms with Gasteiger partial charge in [-0.25, -0.2) is 0 Å². The summed E-state index contributed by atoms with van der Waals surface area (Å²) in [6, 6.07) is 9.89. The zero-order valence-corrected chi connectivity index (χ0v) is 25.1. The monoisotopic (exact) mass is 583 g/mol. The summed E-state index contributed by atoms with van der Waals surface area (Å²) in [5.41, 5.74) is 6.47. The Hall–Kier alpha value is -4.32. The molecule has 1 atom stereocenters. The van der Waals surface area contributed by atoms with E-state index in [1.54, 1.807) is 43.5 Å². The van der Waals surface area contributed by atoms with Crippen molar-refractivity contribution in [1.82, 2.24) is 15.4 Å². The van der Waals surface area contributed by atoms with Gasteiger partial charge in [-0.1, -0.05) is 5.16 Å². The molecule has 3 rings (SSSR count). The van der Waals surface area contributed by atoms with E-state index < -0.39 is 17.9 Å². The molecule has 42 heavy (non-hydrogen) atoms. The topological polar surface area (TPSA) is 158 Å². The van der Waals surface area contributed by atoms with Gasteiger partial charge in [-0.15, -0.1) is 0 Å². The molecule has 0 radical (unpaired) electrons. The Morgan fingerprint density at radius 1 is 0.952 bits per heavy atom. The highest BCUT2D eigenvalue weighted by molar-refractivity contribution is 6.01. The molecular formula is C30H41N5O7. The average Bonchev–Trinajstić information content (AvgIpc) is 3.34. The van der Waals surface area contributed by atoms with Crippen molar-refractivity contribution in [1.29, 1.82) is 0 Å². The van der Waals surface area contributed by atoms with Crippen molar-refractivity contribution in [2.75, 3.05) is 32.2 Å². The first-order valence-electron chi connectivity index (χ1n) is 14.0. The van der Waals surface area contributed by atoms with Crippen LogP contribution in [0.2, 0.25) is 0 Å². The molecule has 0 fully saturated rings. The maximum absolute atomic E-state index is 13.0. The highest BCUT2D eigenvalue weighted by Crippen LogP contribution is 2.30. The summed E-state index contributed by atoms with van der Waals surface area (Å²) >= 11 is 0. The summed E-state index contributed by atoms with van der Waals surface area (Å²) in [6.45, 7) is 10.2. The van der Waals surface area contributed by atoms with E-state index in [0.29, 0.717) is 47.0 Å². The third-order valence-corrected chi connectivity index (χ3v) is 6.36. The molecular weight excluding hydrogens is 542 g/mol. The van der Waals surface area contributed by atoms with Crippen molar-refractivity contribution in [2.24, 2.45) is 5.73 Å². The van der Waals surface area contributed by atoms with Gasteiger partial charge >= 0.3 is 0 Å². The summed E-state index contributed by atoms with van der Waals surface area (Å²) in [4.78, 5) is 38.5. The van der Waals surface area contributed by atoms with Gasteiger partial charge in [-0.2, -0.15) is 0 Å². The van der Waals surface area contributed by atoms with Crippen LogP contribution in [-0.4, -0.2) is 72.8 Å². The second kappa shape index (κ2) is 15.1. The van der Waals surface area contributed by atoms with Gasteiger partial charge in [-0.05, 0) is 77.8 Å². The van der Waals surface area contributed by atoms with E-state index >= 15 is 0 Å². The fourth-order valence-electron chi connectivity index (χ4n) is 4.31. The second-order valence-electron chi connectivity index (χ2n) is 10.4. The lowest BCUT2D eigenvalue weighted by molar-refractivity contribution is -0.124. The number of hydrogen-bond acceptors (Lipinski definition) is 9. The standard InChI is InChI=1S/C30H41N5O7/c1-18(2)35(19(3)4)30(38)21-9-12-24(26(15-21)39-6)41-14-8-7-13-40-22-10-11-23-25(16-22)42-34-28(23)33-27(36)17-32-29(37)20(5)31/h9-12,15-16,18-20H,7-8,13-14,17,31H2,1-6H3,(H,32,37)(H,33,34,36). The molecule has 4 N–H and O–H groups in total. The first kappa shape index (κ1) is 32.2. The van der Waals surface area contributed by atoms with Crippen molar-refractivity contribution in [3.63, 3.8) is 0 Å². The number of ether oxygens (including phenoxy) is 3. The molecule has 1 aromatic heterocycles. The average molecular weight is 584 g/mol. The van der Waals surface area contributed by atoms with Crippen LogP contribution in [-0.2, 0) is 9.59 Å². The van der Waals surface area contributed by atoms with E-state index in [0.717, 1.165) is 12.8 Å². The van der Waals surface area contributed by atoms with Crippen molar-refractivity contribution in [2.45, 2.75) is 65.6 Å². The van der Waals surface area contributed by atoms with Gasteiger partial charge in [0.15, 0.2) is 22.9 Å². The van der Waals surface area contributed by atoms with Crippen LogP contribution in [0.15, 0.2) is 40.9 Å². The molecule has 0 bridgehead atoms. The Labute approximate surface area is 245 Å². The van der Waals surface area contributed by atoms with Gasteiger partial charge < -0.3 is 40.0 Å². The summed E-state index contributed by atoms with van der Waals surface area (Å²) < 4.78 is 22.6. The number of carbonyl (C=O) groups is 3. The van der Waals surface area contributed by atoms with Crippen molar-refractivity contribution in [3.8, 4) is 17.2 Å². The quantitative estimate of drug-likeness (QED) is 0.227. The van der Waals surface area contributed by atoms with Crippen LogP contribution in [0.1, 0.15) is 57.8 Å². The molecule has 1 heterocycles. The fourth-order valence-corrected chi connectivity index (χ4v) is 4.31. The normalized spacial score (nSPS) is 11.8. The number of amides is 3. The molecule has 0 saturated heterocycles. The van der Waals surface area contributed by atoms with Gasteiger partial charge in [0.05, 0.1) is 38.3 Å². The minimum atomic E-state index is -0.707. The summed E-state index contributed by atoms with van der Waals surface area (Å²) in [6.07, 6.45) is 1.47. The molecule has 2 aromatic carbocycles. The summed E-state index contributed by atoms with van der Waals surface area (Å²) in [5, 5.41) is 9.54. The largest absolute Gasteiger partial charge is 0.493 e. The molecule has 0 aliphatic heterocycles. The molecule has 3 amide bonds. The molecule has 1 unspecified atom stereocenters. The summed E-state index contributed by atoms with van der Waals surface area (Å²) in [7, 11) is 1.55. The van der Waals surface area contributed by atoms with Crippen molar-refractivity contribution >= 4 is 34.5 Å². The lowest BCUT2D eigenvalue weighted by Gasteiger charge is -2.31. The zero-order valence-electron chi connectivity index (χ0n) is 25.1. The maximum atomic E-state index is 13.0. The zero-order chi connectivity index (χ0) is 30.8. The van der Waals surface area contributed by atoms with Crippen LogP contribution in [0, 0.1) is 0 Å². The SMILES string of the molecule is COc1cc(C(=O)N(C(C)C)C(C)C)ccc1OCCCCOc1ccc2c(NC(=O)CNC(=O)C(C)N)noc2c1. The van der Waals surface area contributed by atoms with Crippen LogP contribution in [0.25, 0.3) is 11.0 Å². The molecule has 12 nitrogen and oxygen atoms in total. The van der Waals surface area contributed by atoms with E-state index in [9.17, 15) is 14.4 Å². The highest BCUT2D eigenvalue weighted by atomic mass is 16.5. The number of methoxy groups -OCH3 is 1. The van der Waals surface area contributed by atoms with Gasteiger partial charge in [0.1, 0.15) is 5.75 Å². The lowest BCUT2D eigenvalue weighted by atomic mass is 10.1. The van der Waals surface area contributed by atoms with Crippen LogP contribution in [0.3, 0.4) is 0 Å². The second-order valence-corrected chi connectivity index (χ2v) is 10.4. The van der Waals surface area contributed by atoms with Crippen molar-refractivity contribution < 1.29 is 33.1 Å². The van der Waals surface area contributed by atoms with Crippen molar-refractivity contribution in [3.05, 3.63) is 42.0 Å². The number of benzene rings is 2. The highest BCUT2D eigenvalue weighted by Gasteiger charge is 2.23. The van der Waals surface area contributed by atoms with E-state index in [4.69, 9.17) is 24.5 Å². The molecule has 0 aliphatic carbocycles. The minimum absolute atomic E-state index is 0.0468. The van der Waals surface area contributed by atoms with Crippen LogP contribution in [0.5, 0.6) is 17.2 Å². The van der Waals surface area contributed by atoms with Crippen LogP contribution >= 0.6 is 0 Å². The minimum Gasteiger partial charge on any atom is -0.493 e. The first-order chi connectivity index (χ1) is 20.0. The van der Waals surface area contributed by atoms with Gasteiger partial charge in [0.25, 0.3) is 5.91 Å². The van der Waals surface area contributed by atoms with Gasteiger partial charge in [0, 0.05) is 23.7 Å². The number of carbonyl (C=O) groups excluding carboxylic acids is 3. The smallest absolute Gasteiger partial charge is 0.254 e. The van der Waals surface area contributed by atoms with Crippen LogP contribution in [0.4, 0.5) is 5.82 Å². The third kappa shape index (κ3) is 8.59. The predicted octanol–water partition coefficient (Wildman–Crippen LogP) is 3.74. The molecule has 12 heteroatoms. The van der Waals surface area contributed by atoms with Gasteiger partial charge in [-0.3, -0.25) is 14.4 Å². The third-order valence-electron chi connectivity index (χ3n) is 6.36. The maximum Gasteiger partial charge on any atom is 0.254 e. The summed E-state index contributed by atoms with van der Waals surface area (Å²) in [5.74, 6) is 1.01. The number of anilines is 1. The fraction of sp³-hybridized carbons (Fsp3) is 0.467. The molecule has 228 valence electrons. The number of unbranched alkanes of at least 4 members (excludes halogenated alkanes) is 1. The Bertz CT molecular complexity index is 1360. The number of aromatic nitrogens is 1. The Morgan fingerprint density at radius 3 is 2.29 bits per heavy atom. The van der Waals surface area contributed by atoms with Crippen LogP contribution < -0.4 is 30.6 Å². The number of hydrogen-bond donors (Lipinski definition) is 3. The van der Waals surface area contributed by atoms with E-state index in [2.05, 4.69) is 15.8 Å². The van der Waals surface area contributed by atoms with E-state index in [-0.39, 0.29) is 30.4 Å². The lowest BCUT2D eigenvalue weighted by Crippen LogP contribution is -2.42. The number of nitrogens with one attached hydrogen (secondary N) is 2. The predicted molar refractivity (Wildman–Crippen MR) is 159 cm³/mol. The Balaban J connectivity index is 1.45. The molecule has 0 aliphatic rings. The molecule has 0 saturated carbocycles. The Kier molecular flexibility index (Phi) is 11.5. The van der Waals surface area contributed by atoms with E-state index in [1.807, 2.05) is 32.6 Å². The Morgan fingerprint density at radius 2 is 1.64 bits per heavy atom. The number of nitrogens with zero attached hydrogens (tertiary/aromatic N) is 2. The number of rotatable bonds is 15. The molecule has 3 aromatic rings. The molecule has 0 spiro atoms. The van der Waals surface area contributed by atoms with E-state index in [1.165, 1.54) is 6.92 Å². The van der Waals surface area contributed by atoms with Gasteiger partial charge in [0.2, 0.25) is 11.8 Å². The number of fused-ring (bicyclic) bond motifs is 1. The number of nitrogens with two attached hydrogens (primary N) is 1. The first-order valence-corrected chi connectivity index (χ1v) is 14.0.